The molecule has 0 unspecified atom stereocenters. The molecule has 0 N–H and O–H groups in total. The molecular weight excluding hydrogens is 859 g/mol. The lowest BCUT2D eigenvalue weighted by Crippen LogP contribution is -2.08. The van der Waals surface area contributed by atoms with Gasteiger partial charge in [-0.1, -0.05) is 42.0 Å². The van der Waals surface area contributed by atoms with Crippen LogP contribution in [-0.2, 0) is 24.7 Å². The first-order chi connectivity index (χ1) is 30.1. The topological polar surface area (TPSA) is 14.2 Å². The van der Waals surface area contributed by atoms with Gasteiger partial charge in [-0.2, -0.15) is 52.7 Å². The summed E-state index contributed by atoms with van der Waals surface area (Å²) < 4.78 is 175. The molecular formula is C49H27F12N3. The van der Waals surface area contributed by atoms with Crippen molar-refractivity contribution >= 4 is 49.3 Å². The van der Waals surface area contributed by atoms with Gasteiger partial charge in [-0.15, -0.1) is 0 Å². The molecule has 2 heterocycles. The molecule has 0 bridgehead atoms. The van der Waals surface area contributed by atoms with Gasteiger partial charge in [-0.05, 0) is 127 Å². The zero-order valence-electron chi connectivity index (χ0n) is 33.0. The molecule has 0 amide bonds. The standard InChI is InChI=1S/C49H27F12N3/c1-25-10-15-38-31(20-25)32-22-28(46(50,51)52)12-17-39(32)63(38)42-16-11-27(44-26(2)6-4-7-36(44)49(59,60)61)21-35(42)45-37(62-3)8-5-9-43(45)64-40-18-13-29(47(53,54)55)23-33(40)34-24-30(48(56,57)58)14-19-41(34)64/h4-24H,1-2H3. The second-order valence-corrected chi connectivity index (χ2v) is 15.4. The number of alkyl halides is 12. The minimum absolute atomic E-state index is 0.00805. The van der Waals surface area contributed by atoms with E-state index in [0.29, 0.717) is 16.5 Å². The number of hydrogen-bond acceptors (Lipinski definition) is 0. The van der Waals surface area contributed by atoms with E-state index in [4.69, 9.17) is 6.57 Å². The lowest BCUT2D eigenvalue weighted by molar-refractivity contribution is -0.138. The van der Waals surface area contributed by atoms with Crippen molar-refractivity contribution in [3.63, 3.8) is 0 Å². The fourth-order valence-corrected chi connectivity index (χ4v) is 8.67. The number of benzene rings is 7. The van der Waals surface area contributed by atoms with Crippen molar-refractivity contribution < 1.29 is 52.7 Å². The van der Waals surface area contributed by atoms with Gasteiger partial charge in [0.2, 0.25) is 0 Å². The molecule has 9 rings (SSSR count). The van der Waals surface area contributed by atoms with Crippen LogP contribution in [0.2, 0.25) is 0 Å². The van der Waals surface area contributed by atoms with Crippen LogP contribution in [0.1, 0.15) is 33.4 Å². The van der Waals surface area contributed by atoms with Crippen LogP contribution in [0.3, 0.4) is 0 Å². The second-order valence-electron chi connectivity index (χ2n) is 15.4. The summed E-state index contributed by atoms with van der Waals surface area (Å²) in [5.41, 5.74) is -2.59. The number of nitrogens with zero attached hydrogens (tertiary/aromatic N) is 3. The van der Waals surface area contributed by atoms with Crippen molar-refractivity contribution in [2.24, 2.45) is 0 Å². The smallest absolute Gasteiger partial charge is 0.310 e. The summed E-state index contributed by atoms with van der Waals surface area (Å²) in [4.78, 5) is 3.77. The number of hydrogen-bond donors (Lipinski definition) is 0. The molecule has 3 nitrogen and oxygen atoms in total. The van der Waals surface area contributed by atoms with Crippen LogP contribution < -0.4 is 0 Å². The van der Waals surface area contributed by atoms with Gasteiger partial charge < -0.3 is 9.13 Å². The molecule has 0 aliphatic carbocycles. The first-order valence-electron chi connectivity index (χ1n) is 19.2. The van der Waals surface area contributed by atoms with E-state index >= 15 is 0 Å². The van der Waals surface area contributed by atoms with Gasteiger partial charge in [0.25, 0.3) is 0 Å². The van der Waals surface area contributed by atoms with Crippen LogP contribution in [0, 0.1) is 20.4 Å². The third-order valence-corrected chi connectivity index (χ3v) is 11.4. The number of fused-ring (bicyclic) bond motifs is 6. The molecule has 0 atom stereocenters. The van der Waals surface area contributed by atoms with Crippen LogP contribution in [0.4, 0.5) is 58.4 Å². The van der Waals surface area contributed by atoms with Gasteiger partial charge in [0.15, 0.2) is 5.69 Å². The minimum Gasteiger partial charge on any atom is -0.310 e. The first-order valence-corrected chi connectivity index (χ1v) is 19.2. The van der Waals surface area contributed by atoms with Crippen LogP contribution >= 0.6 is 0 Å². The third-order valence-electron chi connectivity index (χ3n) is 11.4. The molecule has 0 fully saturated rings. The highest BCUT2D eigenvalue weighted by atomic mass is 19.4. The highest BCUT2D eigenvalue weighted by Gasteiger charge is 2.37. The molecule has 15 heteroatoms. The van der Waals surface area contributed by atoms with E-state index in [9.17, 15) is 52.7 Å². The Hall–Kier alpha value is -7.21. The Morgan fingerprint density at radius 3 is 1.39 bits per heavy atom. The Balaban J connectivity index is 1.46. The zero-order valence-corrected chi connectivity index (χ0v) is 33.0. The van der Waals surface area contributed by atoms with Crippen LogP contribution in [0.15, 0.2) is 127 Å². The number of aryl methyl sites for hydroxylation is 2. The number of rotatable bonds is 4. The minimum atomic E-state index is -4.89. The maximum atomic E-state index is 14.7. The molecule has 0 radical (unpaired) electrons. The van der Waals surface area contributed by atoms with Crippen molar-refractivity contribution in [3.8, 4) is 33.6 Å². The average molecular weight is 886 g/mol. The van der Waals surface area contributed by atoms with Gasteiger partial charge in [-0.25, -0.2) is 4.85 Å². The number of aromatic nitrogens is 2. The maximum Gasteiger partial charge on any atom is 0.417 e. The summed E-state index contributed by atoms with van der Waals surface area (Å²) in [6.45, 7) is 11.6. The summed E-state index contributed by atoms with van der Waals surface area (Å²) in [6, 6.07) is 25.7. The van der Waals surface area contributed by atoms with Crippen molar-refractivity contribution in [3.05, 3.63) is 172 Å². The summed E-state index contributed by atoms with van der Waals surface area (Å²) >= 11 is 0. The molecule has 64 heavy (non-hydrogen) atoms. The molecule has 322 valence electrons. The van der Waals surface area contributed by atoms with Gasteiger partial charge in [0.05, 0.1) is 56.6 Å². The predicted molar refractivity (Wildman–Crippen MR) is 222 cm³/mol. The van der Waals surface area contributed by atoms with Gasteiger partial charge in [0.1, 0.15) is 0 Å². The van der Waals surface area contributed by atoms with E-state index in [0.717, 1.165) is 54.6 Å². The Morgan fingerprint density at radius 2 is 0.906 bits per heavy atom. The second kappa shape index (κ2) is 14.4. The molecule has 0 aliphatic heterocycles. The normalized spacial score (nSPS) is 12.8. The molecule has 0 saturated heterocycles. The molecule has 0 spiro atoms. The molecule has 9 aromatic rings. The summed E-state index contributed by atoms with van der Waals surface area (Å²) in [6.07, 6.45) is -19.3. The van der Waals surface area contributed by atoms with Crippen molar-refractivity contribution in [2.75, 3.05) is 0 Å². The van der Waals surface area contributed by atoms with Gasteiger partial charge in [0, 0.05) is 32.8 Å². The monoisotopic (exact) mass is 885 g/mol. The Bertz CT molecular complexity index is 3360. The lowest BCUT2D eigenvalue weighted by atomic mass is 9.90. The number of halogens is 12. The van der Waals surface area contributed by atoms with E-state index in [2.05, 4.69) is 4.85 Å². The van der Waals surface area contributed by atoms with E-state index < -0.39 is 47.0 Å². The van der Waals surface area contributed by atoms with E-state index in [1.807, 2.05) is 0 Å². The fraction of sp³-hybridized carbons (Fsp3) is 0.122. The summed E-state index contributed by atoms with van der Waals surface area (Å²) in [5.74, 6) is 0. The lowest BCUT2D eigenvalue weighted by Gasteiger charge is -2.22. The largest absolute Gasteiger partial charge is 0.417 e. The fourth-order valence-electron chi connectivity index (χ4n) is 8.67. The summed E-state index contributed by atoms with van der Waals surface area (Å²) in [7, 11) is 0. The van der Waals surface area contributed by atoms with Crippen LogP contribution in [0.5, 0.6) is 0 Å². The molecule has 0 saturated carbocycles. The zero-order chi connectivity index (χ0) is 45.8. The average Bonchev–Trinajstić information content (AvgIpc) is 3.73. The summed E-state index contributed by atoms with van der Waals surface area (Å²) in [5, 5.41) is 0.161. The van der Waals surface area contributed by atoms with E-state index in [1.54, 1.807) is 29.7 Å². The Labute approximate surface area is 354 Å². The van der Waals surface area contributed by atoms with Crippen LogP contribution in [0.25, 0.3) is 82.1 Å². The van der Waals surface area contributed by atoms with Crippen LogP contribution in [-0.4, -0.2) is 9.13 Å². The molecule has 7 aromatic carbocycles. The van der Waals surface area contributed by atoms with Crippen molar-refractivity contribution in [2.45, 2.75) is 38.6 Å². The van der Waals surface area contributed by atoms with Gasteiger partial charge >= 0.3 is 24.7 Å². The SMILES string of the molecule is [C-]#[N+]c1cccc(-n2c3ccc(C(F)(F)F)cc3c3cc(C(F)(F)F)ccc32)c1-c1cc(-c2c(C)cccc2C(F)(F)F)ccc1-n1c2ccc(C)cc2c2cc(C(F)(F)F)ccc21. The van der Waals surface area contributed by atoms with E-state index in [1.165, 1.54) is 66.1 Å². The first kappa shape index (κ1) is 42.1. The molecule has 2 aromatic heterocycles. The highest BCUT2D eigenvalue weighted by Crippen LogP contribution is 2.49. The Kier molecular flexibility index (Phi) is 9.48. The van der Waals surface area contributed by atoms with Crippen molar-refractivity contribution in [1.82, 2.24) is 9.13 Å². The van der Waals surface area contributed by atoms with Crippen molar-refractivity contribution in [1.29, 1.82) is 0 Å². The Morgan fingerprint density at radius 1 is 0.438 bits per heavy atom. The van der Waals surface area contributed by atoms with Gasteiger partial charge in [-0.3, -0.25) is 0 Å². The maximum absolute atomic E-state index is 14.7. The van der Waals surface area contributed by atoms with E-state index in [-0.39, 0.29) is 77.6 Å². The highest BCUT2D eigenvalue weighted by molar-refractivity contribution is 6.12. The quantitative estimate of drug-likeness (QED) is 0.124. The molecule has 0 aliphatic rings. The third kappa shape index (κ3) is 6.88. The predicted octanol–water partition coefficient (Wildman–Crippen LogP) is 16.5.